The molecule has 2 aliphatic carbocycles. The number of anilines is 8. The van der Waals surface area contributed by atoms with Crippen LogP contribution in [-0.4, -0.2) is 83.3 Å². The van der Waals surface area contributed by atoms with E-state index in [1.807, 2.05) is 228 Å². The van der Waals surface area contributed by atoms with E-state index in [0.717, 1.165) is 145 Å². The number of aromatic nitrogens is 12. The highest BCUT2D eigenvalue weighted by Gasteiger charge is 2.42. The Hall–Kier alpha value is -18.6. The highest BCUT2D eigenvalue weighted by atomic mass is 16.6. The van der Waals surface area contributed by atoms with Gasteiger partial charge in [-0.15, -0.1) is 0 Å². The molecule has 0 bridgehead atoms. The zero-order chi connectivity index (χ0) is 105. The van der Waals surface area contributed by atoms with Gasteiger partial charge in [-0.1, -0.05) is 135 Å². The number of nitrogens with zero attached hydrogens (tertiary/aromatic N) is 12. The Balaban J connectivity index is 0.000000126. The van der Waals surface area contributed by atoms with Crippen LogP contribution in [0, 0.1) is 27.7 Å². The summed E-state index contributed by atoms with van der Waals surface area (Å²) in [5.74, 6) is 9.37. The van der Waals surface area contributed by atoms with Crippen molar-refractivity contribution in [1.82, 2.24) is 59.1 Å². The Bertz CT molecular complexity index is 7180. The first-order valence-electron chi connectivity index (χ1n) is 48.9. The molecule has 10 N–H and O–H groups in total. The molecule has 32 heteroatoms. The number of nitrogen functional groups attached to an aromatic ring is 2. The average molecular weight is 2010 g/mol. The van der Waals surface area contributed by atoms with Crippen LogP contribution >= 0.6 is 0 Å². The van der Waals surface area contributed by atoms with Crippen molar-refractivity contribution >= 4 is 70.3 Å². The van der Waals surface area contributed by atoms with Gasteiger partial charge in [-0.2, -0.15) is 20.4 Å². The number of hydrogen-bond acceptors (Lipinski definition) is 22. The fourth-order valence-corrected chi connectivity index (χ4v) is 16.8. The van der Waals surface area contributed by atoms with Gasteiger partial charge in [0.15, 0.2) is 0 Å². The summed E-state index contributed by atoms with van der Waals surface area (Å²) in [5, 5.41) is 36.9. The molecule has 6 amide bonds. The minimum absolute atomic E-state index is 0.00888. The second-order valence-electron chi connectivity index (χ2n) is 38.2. The molecule has 18 aromatic rings. The molecule has 0 radical (unpaired) electrons. The Labute approximate surface area is 869 Å². The van der Waals surface area contributed by atoms with Crippen molar-refractivity contribution in [2.45, 2.75) is 144 Å². The molecule has 760 valence electrons. The molecule has 0 atom stereocenters. The molecule has 8 aromatic heterocycles. The number of urea groups is 2. The van der Waals surface area contributed by atoms with E-state index < -0.39 is 23.4 Å². The SMILES string of the molecule is Cc1ccc(-n2nc3c(c2NC(=O)Nc2ccc(Oc4ccncc4)cc2)CCC3(C)C)cc1.Cc1ccc(-n2nc3c(c2NC(=O)Nc2ccc(Oc4ccncc4)cc2)COC3(C)C)cc1.Cc1ccc(-n2nc3c(c2NC(=O)Oc2ccccc2)CCC3(C)C)cc1.Cc1ccc(-n2nc3c(c2NC(=O)Oc2ccccc2)COC3(C)C)cc1.Nc1ccc(Oc2ccncc2)cc1.Nc1ccc(Oc2ccncc2)cc1. The summed E-state index contributed by atoms with van der Waals surface area (Å²) in [6.07, 6.45) is 16.1. The van der Waals surface area contributed by atoms with Gasteiger partial charge in [-0.05, 0) is 299 Å². The molecule has 2 aliphatic heterocycles. The lowest BCUT2D eigenvalue weighted by Gasteiger charge is -2.17. The highest BCUT2D eigenvalue weighted by molar-refractivity contribution is 6.01. The molecule has 0 spiro atoms. The third-order valence-corrected chi connectivity index (χ3v) is 25.0. The minimum Gasteiger partial charge on any atom is -0.457 e. The number of fused-ring (bicyclic) bond motifs is 4. The van der Waals surface area contributed by atoms with Crippen molar-refractivity contribution in [2.24, 2.45) is 0 Å². The lowest BCUT2D eigenvalue weighted by atomic mass is 9.91. The van der Waals surface area contributed by atoms with Crippen LogP contribution in [0.1, 0.15) is 136 Å². The monoisotopic (exact) mass is 2000 g/mol. The normalized spacial score (nSPS) is 13.4. The van der Waals surface area contributed by atoms with Crippen molar-refractivity contribution < 1.29 is 57.1 Å². The third-order valence-electron chi connectivity index (χ3n) is 25.0. The van der Waals surface area contributed by atoms with Crippen molar-refractivity contribution in [3.63, 3.8) is 0 Å². The molecule has 10 aromatic carbocycles. The van der Waals surface area contributed by atoms with E-state index in [4.69, 9.17) is 69.8 Å². The summed E-state index contributed by atoms with van der Waals surface area (Å²) >= 11 is 0. The van der Waals surface area contributed by atoms with Gasteiger partial charge < -0.3 is 60.0 Å². The number of para-hydroxylation sites is 2. The van der Waals surface area contributed by atoms with E-state index >= 15 is 0 Å². The van der Waals surface area contributed by atoms with Crippen LogP contribution in [0.3, 0.4) is 0 Å². The Kier molecular flexibility index (Phi) is 31.7. The molecule has 150 heavy (non-hydrogen) atoms. The number of hydrogen-bond donors (Lipinski definition) is 8. The average Bonchev–Trinajstić information content (AvgIpc) is 1.61. The van der Waals surface area contributed by atoms with Crippen molar-refractivity contribution in [2.75, 3.05) is 43.4 Å². The summed E-state index contributed by atoms with van der Waals surface area (Å²) in [6.45, 7) is 25.6. The molecule has 22 rings (SSSR count). The number of amides is 6. The quantitative estimate of drug-likeness (QED) is 0.0329. The van der Waals surface area contributed by atoms with E-state index in [2.05, 4.69) is 86.5 Å². The number of benzene rings is 10. The first-order valence-corrected chi connectivity index (χ1v) is 48.9. The van der Waals surface area contributed by atoms with Gasteiger partial charge in [0.2, 0.25) is 0 Å². The molecule has 4 aliphatic rings. The number of carbonyl (C=O) groups is 4. The Morgan fingerprint density at radius 1 is 0.280 bits per heavy atom. The summed E-state index contributed by atoms with van der Waals surface area (Å²) in [6, 6.07) is 92.8. The molecule has 32 nitrogen and oxygen atoms in total. The molecular formula is C118H116N20O12. The van der Waals surface area contributed by atoms with Gasteiger partial charge in [0.25, 0.3) is 0 Å². The summed E-state index contributed by atoms with van der Waals surface area (Å²) in [5.41, 5.74) is 28.7. The predicted octanol–water partition coefficient (Wildman–Crippen LogP) is 26.5. The fraction of sp³-hybridized carbons (Fsp3) is 0.186. The Morgan fingerprint density at radius 2 is 0.527 bits per heavy atom. The first kappa shape index (κ1) is 103. The van der Waals surface area contributed by atoms with E-state index in [0.29, 0.717) is 76.5 Å². The second kappa shape index (κ2) is 46.2. The number of ether oxygens (including phenoxy) is 8. The number of pyridine rings is 4. The number of nitrogens with one attached hydrogen (secondary N) is 6. The Morgan fingerprint density at radius 3 is 0.813 bits per heavy atom. The van der Waals surface area contributed by atoms with E-state index in [9.17, 15) is 19.2 Å². The molecule has 0 unspecified atom stereocenters. The van der Waals surface area contributed by atoms with Gasteiger partial charge >= 0.3 is 24.2 Å². The van der Waals surface area contributed by atoms with E-state index in [1.54, 1.807) is 192 Å². The maximum absolute atomic E-state index is 13.0. The van der Waals surface area contributed by atoms with Crippen molar-refractivity contribution in [3.8, 4) is 80.2 Å². The molecule has 0 saturated carbocycles. The second-order valence-corrected chi connectivity index (χ2v) is 38.2. The maximum Gasteiger partial charge on any atom is 0.418 e. The number of aryl methyl sites for hydroxylation is 4. The molecule has 0 fully saturated rings. The fourth-order valence-electron chi connectivity index (χ4n) is 16.8. The zero-order valence-corrected chi connectivity index (χ0v) is 85.1. The van der Waals surface area contributed by atoms with Crippen LogP contribution in [0.5, 0.6) is 57.5 Å². The number of rotatable bonds is 20. The first-order chi connectivity index (χ1) is 72.3. The lowest BCUT2D eigenvalue weighted by molar-refractivity contribution is -0.0116. The van der Waals surface area contributed by atoms with Gasteiger partial charge in [-0.25, -0.2) is 37.9 Å². The largest absolute Gasteiger partial charge is 0.457 e. The predicted molar refractivity (Wildman–Crippen MR) is 581 cm³/mol. The molecular weight excluding hydrogens is 1890 g/mol. The molecule has 10 heterocycles. The van der Waals surface area contributed by atoms with E-state index in [-0.39, 0.29) is 22.9 Å². The van der Waals surface area contributed by atoms with Crippen molar-refractivity contribution in [1.29, 1.82) is 0 Å². The summed E-state index contributed by atoms with van der Waals surface area (Å²) < 4.78 is 52.3. The zero-order valence-electron chi connectivity index (χ0n) is 85.1. The van der Waals surface area contributed by atoms with E-state index in [1.165, 1.54) is 11.1 Å². The van der Waals surface area contributed by atoms with Crippen LogP contribution in [0.2, 0.25) is 0 Å². The van der Waals surface area contributed by atoms with Crippen LogP contribution in [0.15, 0.2) is 353 Å². The topological polar surface area (TPSA) is 389 Å². The minimum atomic E-state index is -0.568. The molecule has 0 saturated heterocycles. The standard InChI is InChI=1S/C27H27N5O2.C26H25N5O3.C22H23N3O2.C21H21N3O3.2C11H10N2O/c1-18-4-8-20(9-5-18)32-25(23-12-15-27(2,3)24(23)31-32)30-26(33)29-19-6-10-21(11-7-19)34-22-13-16-28-17-14-22;1-17-4-8-19(9-5-17)31-24(22-16-33-26(2,3)23(22)30-31)29-25(32)28-18-6-10-20(11-7-18)34-21-12-14-27-15-13-21;1-15-9-11-16(12-10-15)25-20(18-13-14-22(2,3)19(18)24-25)23-21(26)27-17-7-5-4-6-8-17;1-14-9-11-15(12-10-14)24-19(17-13-26-21(2,3)18(17)23-24)22-20(25)27-16-7-5-4-6-8-16;2*12-9-1-3-10(4-2-9)14-11-5-7-13-8-6-11/h4-11,13-14,16-17H,12,15H2,1-3H3,(H2,29,30,33);4-15H,16H2,1-3H3,(H2,28,29,32);4-12H,13-14H2,1-3H3,(H,23,26);4-12H,13H2,1-3H3,(H,22,25);2*1-8H,12H2. The smallest absolute Gasteiger partial charge is 0.418 e. The third kappa shape index (κ3) is 26.2. The van der Waals surface area contributed by atoms with Crippen LogP contribution < -0.4 is 71.8 Å². The van der Waals surface area contributed by atoms with Gasteiger partial charge in [-0.3, -0.25) is 41.2 Å². The van der Waals surface area contributed by atoms with Crippen LogP contribution in [-0.2, 0) is 57.6 Å². The van der Waals surface area contributed by atoms with Crippen LogP contribution in [0.25, 0.3) is 22.7 Å². The van der Waals surface area contributed by atoms with Crippen LogP contribution in [0.4, 0.5) is 65.2 Å². The van der Waals surface area contributed by atoms with Crippen molar-refractivity contribution in [3.05, 3.63) is 420 Å². The maximum atomic E-state index is 13.0. The lowest BCUT2D eigenvalue weighted by Crippen LogP contribution is -2.22. The van der Waals surface area contributed by atoms with Gasteiger partial charge in [0.05, 0.1) is 47.4 Å². The van der Waals surface area contributed by atoms with Gasteiger partial charge in [0, 0.05) is 105 Å². The number of carbonyl (C=O) groups excluding carboxylic acids is 4. The summed E-state index contributed by atoms with van der Waals surface area (Å²) in [7, 11) is 0. The summed E-state index contributed by atoms with van der Waals surface area (Å²) in [4.78, 5) is 66.6. The van der Waals surface area contributed by atoms with Gasteiger partial charge in [0.1, 0.15) is 103 Å². The highest BCUT2D eigenvalue weighted by Crippen LogP contribution is 2.47. The number of nitrogens with two attached hydrogens (primary N) is 2.